The Bertz CT molecular complexity index is 208. The molecule has 0 saturated heterocycles. The Hall–Kier alpha value is -0.520. The zero-order chi connectivity index (χ0) is 11.8. The van der Waals surface area contributed by atoms with E-state index in [9.17, 15) is 0 Å². The number of hydrogen-bond acceptors (Lipinski definition) is 0. The number of rotatable bonds is 7. The maximum absolute atomic E-state index is 3.99. The molecule has 0 fully saturated rings. The van der Waals surface area contributed by atoms with Gasteiger partial charge in [0.05, 0.1) is 0 Å². The molecule has 0 radical (unpaired) electrons. The van der Waals surface area contributed by atoms with Gasteiger partial charge in [0.1, 0.15) is 0 Å². The maximum Gasteiger partial charge on any atom is -0.0140 e. The molecule has 0 N–H and O–H groups in total. The fraction of sp³-hybridized carbons (Fsp3) is 0.733. The van der Waals surface area contributed by atoms with Gasteiger partial charge in [-0.25, -0.2) is 0 Å². The molecule has 0 aromatic carbocycles. The average molecular weight is 208 g/mol. The summed E-state index contributed by atoms with van der Waals surface area (Å²) >= 11 is 0. The third-order valence-electron chi connectivity index (χ3n) is 3.14. The van der Waals surface area contributed by atoms with Crippen LogP contribution in [0, 0.1) is 11.8 Å². The van der Waals surface area contributed by atoms with Gasteiger partial charge in [-0.1, -0.05) is 58.8 Å². The molecule has 0 nitrogen and oxygen atoms in total. The Morgan fingerprint density at radius 2 is 1.80 bits per heavy atom. The second-order valence-electron chi connectivity index (χ2n) is 4.83. The van der Waals surface area contributed by atoms with Crippen molar-refractivity contribution in [3.63, 3.8) is 0 Å². The molecule has 0 spiro atoms. The van der Waals surface area contributed by atoms with Gasteiger partial charge in [-0.3, -0.25) is 0 Å². The second-order valence-corrected chi connectivity index (χ2v) is 4.83. The minimum Gasteiger partial charge on any atom is -0.0988 e. The Morgan fingerprint density at radius 1 is 1.20 bits per heavy atom. The van der Waals surface area contributed by atoms with Gasteiger partial charge in [0.2, 0.25) is 0 Å². The van der Waals surface area contributed by atoms with E-state index in [1.54, 1.807) is 5.57 Å². The van der Waals surface area contributed by atoms with Crippen LogP contribution in [0.5, 0.6) is 0 Å². The van der Waals surface area contributed by atoms with Crippen molar-refractivity contribution in [1.82, 2.24) is 0 Å². The fourth-order valence-corrected chi connectivity index (χ4v) is 2.32. The molecule has 0 heterocycles. The quantitative estimate of drug-likeness (QED) is 0.494. The molecular weight excluding hydrogens is 180 g/mol. The van der Waals surface area contributed by atoms with Crippen LogP contribution in [0.3, 0.4) is 0 Å². The lowest BCUT2D eigenvalue weighted by atomic mass is 9.82. The summed E-state index contributed by atoms with van der Waals surface area (Å²) in [4.78, 5) is 0. The Kier molecular flexibility index (Phi) is 7.46. The van der Waals surface area contributed by atoms with Crippen molar-refractivity contribution in [1.29, 1.82) is 0 Å². The fourth-order valence-electron chi connectivity index (χ4n) is 2.32. The van der Waals surface area contributed by atoms with E-state index in [-0.39, 0.29) is 0 Å². The van der Waals surface area contributed by atoms with Gasteiger partial charge in [0, 0.05) is 0 Å². The first-order valence-electron chi connectivity index (χ1n) is 6.40. The molecule has 0 bridgehead atoms. The zero-order valence-corrected chi connectivity index (χ0v) is 11.3. The van der Waals surface area contributed by atoms with Gasteiger partial charge in [-0.2, -0.15) is 0 Å². The predicted molar refractivity (Wildman–Crippen MR) is 71.0 cm³/mol. The molecule has 0 rings (SSSR count). The Labute approximate surface area is 96.5 Å². The summed E-state index contributed by atoms with van der Waals surface area (Å²) in [6, 6.07) is 0. The molecule has 0 aliphatic carbocycles. The van der Waals surface area contributed by atoms with Crippen molar-refractivity contribution in [3.05, 3.63) is 23.8 Å². The summed E-state index contributed by atoms with van der Waals surface area (Å²) < 4.78 is 0. The van der Waals surface area contributed by atoms with E-state index in [1.807, 2.05) is 0 Å². The highest BCUT2D eigenvalue weighted by atomic mass is 14.2. The molecule has 0 aliphatic rings. The number of allylic oxidation sites excluding steroid dienone is 3. The van der Waals surface area contributed by atoms with Crippen molar-refractivity contribution in [2.45, 2.75) is 60.3 Å². The summed E-state index contributed by atoms with van der Waals surface area (Å²) in [5.74, 6) is 1.43. The van der Waals surface area contributed by atoms with E-state index >= 15 is 0 Å². The molecular formula is C15H28. The largest absolute Gasteiger partial charge is 0.0988 e. The van der Waals surface area contributed by atoms with Crippen LogP contribution >= 0.6 is 0 Å². The lowest BCUT2D eigenvalue weighted by molar-refractivity contribution is 0.414. The summed E-state index contributed by atoms with van der Waals surface area (Å²) in [7, 11) is 0. The van der Waals surface area contributed by atoms with E-state index in [0.29, 0.717) is 5.92 Å². The second kappa shape index (κ2) is 7.73. The SMILES string of the molecule is C=C/C(=C(\C)CCC)C(CCC)C(C)C. The highest BCUT2D eigenvalue weighted by molar-refractivity contribution is 5.26. The smallest absolute Gasteiger partial charge is 0.0140 e. The molecule has 0 aromatic rings. The molecule has 1 unspecified atom stereocenters. The summed E-state index contributed by atoms with van der Waals surface area (Å²) in [5.41, 5.74) is 3.05. The van der Waals surface area contributed by atoms with Crippen molar-refractivity contribution in [2.24, 2.45) is 11.8 Å². The third-order valence-corrected chi connectivity index (χ3v) is 3.14. The third kappa shape index (κ3) is 4.68. The van der Waals surface area contributed by atoms with Crippen LogP contribution in [-0.2, 0) is 0 Å². The first-order chi connectivity index (χ1) is 7.08. The van der Waals surface area contributed by atoms with E-state index in [1.165, 1.54) is 31.3 Å². The molecule has 88 valence electrons. The Balaban J connectivity index is 4.87. The summed E-state index contributed by atoms with van der Waals surface area (Å²) in [6.07, 6.45) is 7.10. The normalized spacial score (nSPS) is 15.1. The average Bonchev–Trinajstić information content (AvgIpc) is 2.18. The van der Waals surface area contributed by atoms with Gasteiger partial charge in [0.15, 0.2) is 0 Å². The first kappa shape index (κ1) is 14.5. The van der Waals surface area contributed by atoms with Crippen LogP contribution in [-0.4, -0.2) is 0 Å². The predicted octanol–water partition coefficient (Wildman–Crippen LogP) is 5.36. The minimum atomic E-state index is 0.707. The minimum absolute atomic E-state index is 0.707. The van der Waals surface area contributed by atoms with Gasteiger partial charge < -0.3 is 0 Å². The molecule has 0 saturated carbocycles. The van der Waals surface area contributed by atoms with Crippen molar-refractivity contribution in [2.75, 3.05) is 0 Å². The van der Waals surface area contributed by atoms with E-state index in [2.05, 4.69) is 47.3 Å². The molecule has 0 heteroatoms. The highest BCUT2D eigenvalue weighted by Crippen LogP contribution is 2.29. The van der Waals surface area contributed by atoms with Crippen LogP contribution in [0.2, 0.25) is 0 Å². The van der Waals surface area contributed by atoms with Gasteiger partial charge in [-0.05, 0) is 37.2 Å². The highest BCUT2D eigenvalue weighted by Gasteiger charge is 2.16. The molecule has 15 heavy (non-hydrogen) atoms. The van der Waals surface area contributed by atoms with E-state index in [4.69, 9.17) is 0 Å². The van der Waals surface area contributed by atoms with Crippen molar-refractivity contribution >= 4 is 0 Å². The lowest BCUT2D eigenvalue weighted by Crippen LogP contribution is -2.12. The standard InChI is InChI=1S/C15H28/c1-7-10-13(6)14(9-3)15(11-8-2)12(4)5/h9,12,15H,3,7-8,10-11H2,1-2,4-6H3/b14-13-. The lowest BCUT2D eigenvalue weighted by Gasteiger charge is -2.24. The van der Waals surface area contributed by atoms with E-state index in [0.717, 1.165) is 5.92 Å². The van der Waals surface area contributed by atoms with Gasteiger partial charge in [0.25, 0.3) is 0 Å². The topological polar surface area (TPSA) is 0 Å². The first-order valence-corrected chi connectivity index (χ1v) is 6.40. The van der Waals surface area contributed by atoms with Crippen LogP contribution < -0.4 is 0 Å². The van der Waals surface area contributed by atoms with Crippen molar-refractivity contribution < 1.29 is 0 Å². The number of hydrogen-bond donors (Lipinski definition) is 0. The summed E-state index contributed by atoms with van der Waals surface area (Å²) in [5, 5.41) is 0. The van der Waals surface area contributed by atoms with Crippen LogP contribution in [0.4, 0.5) is 0 Å². The molecule has 0 amide bonds. The summed E-state index contributed by atoms with van der Waals surface area (Å²) in [6.45, 7) is 15.4. The zero-order valence-electron chi connectivity index (χ0n) is 11.3. The molecule has 0 aliphatic heterocycles. The van der Waals surface area contributed by atoms with Crippen LogP contribution in [0.1, 0.15) is 60.3 Å². The monoisotopic (exact) mass is 208 g/mol. The molecule has 0 aromatic heterocycles. The van der Waals surface area contributed by atoms with Gasteiger partial charge >= 0.3 is 0 Å². The Morgan fingerprint density at radius 3 is 2.13 bits per heavy atom. The van der Waals surface area contributed by atoms with E-state index < -0.39 is 0 Å². The van der Waals surface area contributed by atoms with Crippen molar-refractivity contribution in [3.8, 4) is 0 Å². The van der Waals surface area contributed by atoms with Crippen LogP contribution in [0.15, 0.2) is 23.8 Å². The maximum atomic E-state index is 3.99. The molecule has 1 atom stereocenters. The van der Waals surface area contributed by atoms with Gasteiger partial charge in [-0.15, -0.1) is 0 Å². The van der Waals surface area contributed by atoms with Crippen LogP contribution in [0.25, 0.3) is 0 Å².